The lowest BCUT2D eigenvalue weighted by Crippen LogP contribution is -1.96. The largest absolute Gasteiger partial charge is 0.248 e. The van der Waals surface area contributed by atoms with E-state index in [-0.39, 0.29) is 0 Å². The van der Waals surface area contributed by atoms with Gasteiger partial charge in [0.25, 0.3) is 0 Å². The van der Waals surface area contributed by atoms with Crippen molar-refractivity contribution in [2.45, 2.75) is 0 Å². The maximum absolute atomic E-state index is 4.78. The van der Waals surface area contributed by atoms with Gasteiger partial charge < -0.3 is 0 Å². The molecule has 0 spiro atoms. The smallest absolute Gasteiger partial charge is 0.0725 e. The van der Waals surface area contributed by atoms with E-state index in [0.29, 0.717) is 0 Å². The summed E-state index contributed by atoms with van der Waals surface area (Å²) in [6, 6.07) is 32.3. The van der Waals surface area contributed by atoms with Crippen LogP contribution in [0.1, 0.15) is 11.4 Å². The first-order valence-corrected chi connectivity index (χ1v) is 8.56. The molecule has 2 aromatic heterocycles. The lowest BCUT2D eigenvalue weighted by atomic mass is 10.1. The van der Waals surface area contributed by atoms with Crippen molar-refractivity contribution in [3.63, 3.8) is 0 Å². The van der Waals surface area contributed by atoms with Crippen LogP contribution in [0.4, 0.5) is 0 Å². The Balaban J connectivity index is 1.69. The van der Waals surface area contributed by atoms with E-state index in [4.69, 9.17) is 9.97 Å². The molecule has 0 radical (unpaired) electrons. The van der Waals surface area contributed by atoms with Gasteiger partial charge in [-0.15, -0.1) is 0 Å². The number of aromatic nitrogens is 2. The van der Waals surface area contributed by atoms with Crippen molar-refractivity contribution in [1.29, 1.82) is 0 Å². The number of nitrogens with zero attached hydrogens (tertiary/aromatic N) is 2. The van der Waals surface area contributed by atoms with Crippen molar-refractivity contribution < 1.29 is 0 Å². The number of hydrogen-bond donors (Lipinski definition) is 0. The Hall–Kier alpha value is -3.52. The van der Waals surface area contributed by atoms with E-state index in [1.165, 1.54) is 0 Å². The van der Waals surface area contributed by atoms with Crippen LogP contribution in [0, 0.1) is 0 Å². The van der Waals surface area contributed by atoms with Gasteiger partial charge in [0.2, 0.25) is 0 Å². The topological polar surface area (TPSA) is 25.8 Å². The van der Waals surface area contributed by atoms with E-state index in [9.17, 15) is 0 Å². The summed E-state index contributed by atoms with van der Waals surface area (Å²) in [7, 11) is 0. The molecule has 0 bridgehead atoms. The third-order valence-electron chi connectivity index (χ3n) is 4.26. The molecule has 26 heavy (non-hydrogen) atoms. The van der Waals surface area contributed by atoms with Gasteiger partial charge in [0.1, 0.15) is 0 Å². The van der Waals surface area contributed by atoms with Crippen LogP contribution in [0.3, 0.4) is 0 Å². The Morgan fingerprint density at radius 1 is 0.500 bits per heavy atom. The van der Waals surface area contributed by atoms with Gasteiger partial charge in [-0.05, 0) is 24.3 Å². The fourth-order valence-electron chi connectivity index (χ4n) is 2.88. The second kappa shape index (κ2) is 7.16. The molecule has 2 heterocycles. The molecule has 0 aliphatic rings. The average Bonchev–Trinajstić information content (AvgIpc) is 2.75. The number of hydrogen-bond acceptors (Lipinski definition) is 2. The molecule has 124 valence electrons. The lowest BCUT2D eigenvalue weighted by molar-refractivity contribution is 1.23. The molecule has 0 aliphatic carbocycles. The summed E-state index contributed by atoms with van der Waals surface area (Å²) >= 11 is 0. The maximum Gasteiger partial charge on any atom is 0.0725 e. The van der Waals surface area contributed by atoms with E-state index >= 15 is 0 Å². The van der Waals surface area contributed by atoms with Crippen LogP contribution in [0.5, 0.6) is 0 Å². The molecule has 2 aromatic carbocycles. The van der Waals surface area contributed by atoms with E-state index in [1.54, 1.807) is 0 Å². The Bertz CT molecular complexity index is 953. The van der Waals surface area contributed by atoms with E-state index in [0.717, 1.165) is 39.5 Å². The Labute approximate surface area is 153 Å². The summed E-state index contributed by atoms with van der Waals surface area (Å²) in [5.74, 6) is 0. The van der Waals surface area contributed by atoms with E-state index in [2.05, 4.69) is 30.8 Å². The van der Waals surface area contributed by atoms with Crippen LogP contribution in [0.2, 0.25) is 0 Å². The monoisotopic (exact) mass is 334 g/mol. The van der Waals surface area contributed by atoms with Crippen LogP contribution in [-0.4, -0.2) is 9.97 Å². The minimum absolute atomic E-state index is 0.820. The molecule has 0 unspecified atom stereocenters. The van der Waals surface area contributed by atoms with Crippen LogP contribution >= 0.6 is 0 Å². The first-order chi connectivity index (χ1) is 12.8. The second-order valence-corrected chi connectivity index (χ2v) is 6.03. The predicted octanol–water partition coefficient (Wildman–Crippen LogP) is 5.87. The van der Waals surface area contributed by atoms with Gasteiger partial charge in [-0.2, -0.15) is 0 Å². The summed E-state index contributed by atoms with van der Waals surface area (Å²) in [6.07, 6.45) is 0. The van der Waals surface area contributed by atoms with Gasteiger partial charge in [0.15, 0.2) is 0 Å². The molecule has 0 aliphatic heterocycles. The maximum atomic E-state index is 4.78. The molecular formula is C24H18N2. The Morgan fingerprint density at radius 3 is 1.35 bits per heavy atom. The summed E-state index contributed by atoms with van der Waals surface area (Å²) in [4.78, 5) is 9.56. The van der Waals surface area contributed by atoms with Crippen molar-refractivity contribution in [2.75, 3.05) is 0 Å². The highest BCUT2D eigenvalue weighted by molar-refractivity contribution is 5.76. The third kappa shape index (κ3) is 3.31. The van der Waals surface area contributed by atoms with Crippen LogP contribution in [-0.2, 0) is 0 Å². The van der Waals surface area contributed by atoms with Gasteiger partial charge in [0, 0.05) is 16.7 Å². The van der Waals surface area contributed by atoms with Crippen molar-refractivity contribution >= 4 is 5.57 Å². The van der Waals surface area contributed by atoms with Crippen molar-refractivity contribution in [3.05, 3.63) is 115 Å². The molecule has 2 nitrogen and oxygen atoms in total. The molecular weight excluding hydrogens is 316 g/mol. The number of benzene rings is 2. The Kier molecular flexibility index (Phi) is 4.40. The van der Waals surface area contributed by atoms with Gasteiger partial charge in [-0.3, -0.25) is 0 Å². The molecule has 0 amide bonds. The van der Waals surface area contributed by atoms with Gasteiger partial charge in [0.05, 0.1) is 22.8 Å². The van der Waals surface area contributed by atoms with Gasteiger partial charge in [-0.25, -0.2) is 9.97 Å². The zero-order valence-corrected chi connectivity index (χ0v) is 14.3. The average molecular weight is 334 g/mol. The molecule has 0 fully saturated rings. The molecule has 0 saturated heterocycles. The van der Waals surface area contributed by atoms with E-state index < -0.39 is 0 Å². The normalized spacial score (nSPS) is 10.5. The second-order valence-electron chi connectivity index (χ2n) is 6.03. The summed E-state index contributed by atoms with van der Waals surface area (Å²) in [5, 5.41) is 0. The SMILES string of the molecule is C=C(c1cccc(-c2ccccc2)n1)c1cccc(-c2ccccc2)n1. The third-order valence-corrected chi connectivity index (χ3v) is 4.26. The Morgan fingerprint density at radius 2 is 0.923 bits per heavy atom. The van der Waals surface area contributed by atoms with Crippen LogP contribution in [0.25, 0.3) is 28.1 Å². The van der Waals surface area contributed by atoms with Crippen molar-refractivity contribution in [1.82, 2.24) is 9.97 Å². The molecule has 4 aromatic rings. The highest BCUT2D eigenvalue weighted by atomic mass is 14.8. The molecule has 0 saturated carbocycles. The first kappa shape index (κ1) is 16.0. The zero-order chi connectivity index (χ0) is 17.8. The highest BCUT2D eigenvalue weighted by Crippen LogP contribution is 2.24. The zero-order valence-electron chi connectivity index (χ0n) is 14.3. The van der Waals surface area contributed by atoms with Gasteiger partial charge in [-0.1, -0.05) is 79.4 Å². The number of rotatable bonds is 4. The first-order valence-electron chi connectivity index (χ1n) is 8.56. The molecule has 0 N–H and O–H groups in total. The fourth-order valence-corrected chi connectivity index (χ4v) is 2.88. The fraction of sp³-hybridized carbons (Fsp3) is 0. The van der Waals surface area contributed by atoms with Crippen LogP contribution in [0.15, 0.2) is 104 Å². The minimum Gasteiger partial charge on any atom is -0.248 e. The summed E-state index contributed by atoms with van der Waals surface area (Å²) in [5.41, 5.74) is 6.54. The molecule has 4 rings (SSSR count). The quantitative estimate of drug-likeness (QED) is 0.466. The van der Waals surface area contributed by atoms with Crippen molar-refractivity contribution in [2.24, 2.45) is 0 Å². The predicted molar refractivity (Wildman–Crippen MR) is 107 cm³/mol. The van der Waals surface area contributed by atoms with E-state index in [1.807, 2.05) is 72.8 Å². The van der Waals surface area contributed by atoms with Crippen LogP contribution < -0.4 is 0 Å². The highest BCUT2D eigenvalue weighted by Gasteiger charge is 2.09. The summed E-state index contributed by atoms with van der Waals surface area (Å²) < 4.78 is 0. The van der Waals surface area contributed by atoms with Crippen molar-refractivity contribution in [3.8, 4) is 22.5 Å². The standard InChI is InChI=1S/C24H18N2/c1-18(21-14-8-16-23(25-21)19-10-4-2-5-11-19)22-15-9-17-24(26-22)20-12-6-3-7-13-20/h2-17H,1H2. The number of pyridine rings is 2. The summed E-state index contributed by atoms with van der Waals surface area (Å²) in [6.45, 7) is 4.24. The van der Waals surface area contributed by atoms with Gasteiger partial charge >= 0.3 is 0 Å². The molecule has 2 heteroatoms. The molecule has 0 atom stereocenters. The lowest BCUT2D eigenvalue weighted by Gasteiger charge is -2.09. The minimum atomic E-state index is 0.820.